The third-order valence-electron chi connectivity index (χ3n) is 4.62. The number of hydrogen-bond donors (Lipinski definition) is 3. The van der Waals surface area contributed by atoms with Gasteiger partial charge in [0.05, 0.1) is 21.6 Å². The highest BCUT2D eigenvalue weighted by molar-refractivity contribution is 9.09. The van der Waals surface area contributed by atoms with Crippen LogP contribution >= 0.6 is 15.9 Å². The van der Waals surface area contributed by atoms with E-state index in [4.69, 9.17) is 9.84 Å². The summed E-state index contributed by atoms with van der Waals surface area (Å²) >= 11 is 3.24. The summed E-state index contributed by atoms with van der Waals surface area (Å²) in [5, 5.41) is 29.3. The van der Waals surface area contributed by atoms with E-state index in [2.05, 4.69) is 15.9 Å². The zero-order chi connectivity index (χ0) is 22.1. The van der Waals surface area contributed by atoms with Crippen LogP contribution in [0.5, 0.6) is 0 Å². The molecule has 1 saturated heterocycles. The molecule has 1 fully saturated rings. The van der Waals surface area contributed by atoms with Crippen molar-refractivity contribution in [2.75, 3.05) is 13.1 Å². The average Bonchev–Trinajstić information content (AvgIpc) is 2.59. The molecule has 1 atom stereocenters. The van der Waals surface area contributed by atoms with Crippen molar-refractivity contribution in [3.8, 4) is 0 Å². The lowest BCUT2D eigenvalue weighted by molar-refractivity contribution is -0.0326. The van der Waals surface area contributed by atoms with Gasteiger partial charge in [-0.25, -0.2) is 18.8 Å². The van der Waals surface area contributed by atoms with E-state index in [9.17, 15) is 29.0 Å². The first-order valence-corrected chi connectivity index (χ1v) is 9.81. The largest absolute Gasteiger partial charge is 0.478 e. The summed E-state index contributed by atoms with van der Waals surface area (Å²) in [7, 11) is 0. The number of carboxylic acid groups (broad SMARTS) is 2. The van der Waals surface area contributed by atoms with Crippen molar-refractivity contribution >= 4 is 34.0 Å². The van der Waals surface area contributed by atoms with Crippen LogP contribution < -0.4 is 0 Å². The van der Waals surface area contributed by atoms with E-state index in [1.807, 2.05) is 0 Å². The smallest absolute Gasteiger partial charge is 0.410 e. The molecule has 29 heavy (non-hydrogen) atoms. The molecule has 0 radical (unpaired) electrons. The molecule has 1 aromatic carbocycles. The number of likely N-dealkylation sites (tertiary alicyclic amines) is 1. The first kappa shape index (κ1) is 23.1. The Morgan fingerprint density at radius 2 is 1.62 bits per heavy atom. The second-order valence-corrected chi connectivity index (χ2v) is 8.88. The molecule has 1 aromatic rings. The van der Waals surface area contributed by atoms with Crippen LogP contribution in [0.25, 0.3) is 0 Å². The fraction of sp³-hybridized carbons (Fsp3) is 0.526. The molecule has 10 heteroatoms. The van der Waals surface area contributed by atoms with Gasteiger partial charge in [-0.2, -0.15) is 0 Å². The van der Waals surface area contributed by atoms with Gasteiger partial charge in [0.25, 0.3) is 0 Å². The minimum atomic E-state index is -1.57. The van der Waals surface area contributed by atoms with Crippen molar-refractivity contribution in [2.45, 2.75) is 49.6 Å². The Balaban J connectivity index is 2.24. The van der Waals surface area contributed by atoms with Crippen LogP contribution in [0.3, 0.4) is 0 Å². The Morgan fingerprint density at radius 1 is 1.14 bits per heavy atom. The van der Waals surface area contributed by atoms with Gasteiger partial charge in [-0.1, -0.05) is 15.9 Å². The normalized spacial score (nSPS) is 17.5. The number of hydrogen-bond acceptors (Lipinski definition) is 5. The van der Waals surface area contributed by atoms with Crippen LogP contribution in [0.1, 0.15) is 64.7 Å². The topological polar surface area (TPSA) is 124 Å². The van der Waals surface area contributed by atoms with Crippen molar-refractivity contribution in [1.82, 2.24) is 4.90 Å². The third kappa shape index (κ3) is 5.24. The SMILES string of the molecule is CC(C)(C)OC(=O)N1CCC(O)(C(Br)c2cc(C(=O)O)c(C(=O)O)cc2F)CC1. The molecule has 8 nitrogen and oxygen atoms in total. The first-order chi connectivity index (χ1) is 13.2. The van der Waals surface area contributed by atoms with E-state index in [0.717, 1.165) is 6.07 Å². The maximum atomic E-state index is 14.5. The second-order valence-electron chi connectivity index (χ2n) is 7.96. The first-order valence-electron chi connectivity index (χ1n) is 8.89. The molecule has 0 saturated carbocycles. The van der Waals surface area contributed by atoms with E-state index in [1.54, 1.807) is 20.8 Å². The number of aliphatic hydroxyl groups is 1. The summed E-state index contributed by atoms with van der Waals surface area (Å²) in [5.41, 5.74) is -3.55. The molecule has 0 spiro atoms. The molecule has 0 aromatic heterocycles. The maximum absolute atomic E-state index is 14.5. The van der Waals surface area contributed by atoms with Gasteiger partial charge in [0.15, 0.2) is 0 Å². The number of amides is 1. The number of piperidine rings is 1. The van der Waals surface area contributed by atoms with Gasteiger partial charge in [0.2, 0.25) is 0 Å². The van der Waals surface area contributed by atoms with Crippen molar-refractivity contribution < 1.29 is 38.8 Å². The maximum Gasteiger partial charge on any atom is 0.410 e. The lowest BCUT2D eigenvalue weighted by Crippen LogP contribution is -2.49. The Labute approximate surface area is 175 Å². The summed E-state index contributed by atoms with van der Waals surface area (Å²) in [6.45, 7) is 5.54. The van der Waals surface area contributed by atoms with Gasteiger partial charge in [-0.3, -0.25) is 0 Å². The Bertz CT molecular complexity index is 829. The molecule has 1 aliphatic rings. The van der Waals surface area contributed by atoms with Gasteiger partial charge >= 0.3 is 18.0 Å². The summed E-state index contributed by atoms with van der Waals surface area (Å²) in [6.07, 6.45) is -0.342. The van der Waals surface area contributed by atoms with Crippen LogP contribution in [0, 0.1) is 5.82 Å². The lowest BCUT2D eigenvalue weighted by atomic mass is 9.84. The Hall–Kier alpha value is -2.20. The van der Waals surface area contributed by atoms with Crippen molar-refractivity contribution in [3.05, 3.63) is 34.6 Å². The molecular formula is C19H23BrFNO7. The van der Waals surface area contributed by atoms with Gasteiger partial charge < -0.3 is 25.0 Å². The standard InChI is InChI=1S/C19H23BrFNO7/c1-18(2,3)29-17(27)22-6-4-19(28,5-7-22)14(20)12-8-10(15(23)24)11(16(25)26)9-13(12)21/h8-9,14,28H,4-7H2,1-3H3,(H,23,24)(H,25,26). The number of carbonyl (C=O) groups excluding carboxylic acids is 1. The van der Waals surface area contributed by atoms with Crippen molar-refractivity contribution in [3.63, 3.8) is 0 Å². The van der Waals surface area contributed by atoms with Crippen LogP contribution in [0.4, 0.5) is 9.18 Å². The van der Waals surface area contributed by atoms with Crippen molar-refractivity contribution in [2.24, 2.45) is 0 Å². The van der Waals surface area contributed by atoms with Gasteiger partial charge in [0, 0.05) is 18.7 Å². The molecule has 160 valence electrons. The summed E-state index contributed by atoms with van der Waals surface area (Å²) < 4.78 is 19.8. The quantitative estimate of drug-likeness (QED) is 0.569. The molecule has 1 aliphatic heterocycles. The molecule has 1 amide bonds. The Kier molecular flexibility index (Phi) is 6.58. The van der Waals surface area contributed by atoms with E-state index < -0.39 is 51.0 Å². The predicted molar refractivity (Wildman–Crippen MR) is 104 cm³/mol. The number of carbonyl (C=O) groups is 3. The number of benzene rings is 1. The summed E-state index contributed by atoms with van der Waals surface area (Å²) in [5.74, 6) is -4.03. The number of alkyl halides is 1. The number of rotatable bonds is 4. The van der Waals surface area contributed by atoms with Gasteiger partial charge in [-0.15, -0.1) is 0 Å². The molecule has 1 unspecified atom stereocenters. The third-order valence-corrected chi connectivity index (χ3v) is 5.97. The van der Waals surface area contributed by atoms with Crippen LogP contribution in [0.2, 0.25) is 0 Å². The van der Waals surface area contributed by atoms with Crippen LogP contribution in [-0.4, -0.2) is 62.5 Å². The van der Waals surface area contributed by atoms with Crippen LogP contribution in [0.15, 0.2) is 12.1 Å². The fourth-order valence-corrected chi connectivity index (χ4v) is 3.89. The monoisotopic (exact) mass is 475 g/mol. The van der Waals surface area contributed by atoms with Gasteiger partial charge in [0.1, 0.15) is 11.4 Å². The molecule has 0 aliphatic carbocycles. The molecule has 0 bridgehead atoms. The number of halogens is 2. The lowest BCUT2D eigenvalue weighted by Gasteiger charge is -2.41. The summed E-state index contributed by atoms with van der Waals surface area (Å²) in [4.78, 5) is 35.2. The molecule has 2 rings (SSSR count). The van der Waals surface area contributed by atoms with E-state index in [1.165, 1.54) is 4.90 Å². The van der Waals surface area contributed by atoms with Crippen LogP contribution in [-0.2, 0) is 4.74 Å². The second kappa shape index (κ2) is 8.27. The van der Waals surface area contributed by atoms with E-state index in [0.29, 0.717) is 6.07 Å². The number of carboxylic acids is 2. The van der Waals surface area contributed by atoms with Gasteiger partial charge in [-0.05, 0) is 45.7 Å². The molecule has 3 N–H and O–H groups in total. The minimum Gasteiger partial charge on any atom is -0.478 e. The zero-order valence-electron chi connectivity index (χ0n) is 16.2. The number of nitrogens with zero attached hydrogens (tertiary/aromatic N) is 1. The molecular weight excluding hydrogens is 453 g/mol. The highest BCUT2D eigenvalue weighted by Crippen LogP contribution is 2.42. The molecule has 1 heterocycles. The fourth-order valence-electron chi connectivity index (χ4n) is 3.08. The Morgan fingerprint density at radius 3 is 2.07 bits per heavy atom. The van der Waals surface area contributed by atoms with Crippen molar-refractivity contribution in [1.29, 1.82) is 0 Å². The number of ether oxygens (including phenoxy) is 1. The summed E-state index contributed by atoms with van der Waals surface area (Å²) in [6, 6.07) is 1.55. The predicted octanol–water partition coefficient (Wildman–Crippen LogP) is 3.42. The highest BCUT2D eigenvalue weighted by atomic mass is 79.9. The van der Waals surface area contributed by atoms with E-state index in [-0.39, 0.29) is 31.5 Å². The average molecular weight is 476 g/mol. The zero-order valence-corrected chi connectivity index (χ0v) is 17.8. The van der Waals surface area contributed by atoms with E-state index >= 15 is 0 Å². The number of aromatic carboxylic acids is 2. The highest BCUT2D eigenvalue weighted by Gasteiger charge is 2.42. The minimum absolute atomic E-state index is 0.0880.